The maximum atomic E-state index is 8.59. The third-order valence-electron chi connectivity index (χ3n) is 4.25. The minimum atomic E-state index is 0.0183. The molecule has 0 spiro atoms. The van der Waals surface area contributed by atoms with Crippen molar-refractivity contribution in [2.45, 2.75) is 39.2 Å². The molecule has 6 heteroatoms. The summed E-state index contributed by atoms with van der Waals surface area (Å²) in [6.45, 7) is 5.93. The fourth-order valence-electron chi connectivity index (χ4n) is 2.99. The zero-order valence-corrected chi connectivity index (χ0v) is 14.8. The quantitative estimate of drug-likeness (QED) is 0.816. The molecule has 0 bridgehead atoms. The molecule has 25 heavy (non-hydrogen) atoms. The Balaban J connectivity index is 1.87. The highest BCUT2D eigenvalue weighted by Gasteiger charge is 2.16. The van der Waals surface area contributed by atoms with Crippen LogP contribution in [-0.4, -0.2) is 34.9 Å². The minimum Gasteiger partial charge on any atom is -0.475 e. The van der Waals surface area contributed by atoms with E-state index in [2.05, 4.69) is 14.9 Å². The number of aromatic nitrogens is 2. The summed E-state index contributed by atoms with van der Waals surface area (Å²) in [4.78, 5) is 10.9. The molecule has 1 aliphatic heterocycles. The summed E-state index contributed by atoms with van der Waals surface area (Å²) in [6, 6.07) is 5.55. The van der Waals surface area contributed by atoms with E-state index >= 15 is 0 Å². The smallest absolute Gasteiger partial charge is 0.214 e. The topological polar surface area (TPSA) is 88.1 Å². The highest BCUT2D eigenvalue weighted by molar-refractivity contribution is 6.14. The molecular formula is C19H25N5O. The van der Waals surface area contributed by atoms with E-state index in [-0.39, 0.29) is 6.10 Å². The predicted molar refractivity (Wildman–Crippen MR) is 101 cm³/mol. The Labute approximate surface area is 148 Å². The number of hydrogen-bond acceptors (Lipinski definition) is 6. The van der Waals surface area contributed by atoms with Gasteiger partial charge in [-0.25, -0.2) is 9.97 Å². The van der Waals surface area contributed by atoms with Gasteiger partial charge in [0.1, 0.15) is 5.82 Å². The molecule has 1 saturated heterocycles. The van der Waals surface area contributed by atoms with E-state index in [4.69, 9.17) is 15.9 Å². The van der Waals surface area contributed by atoms with Crippen molar-refractivity contribution in [3.8, 4) is 5.88 Å². The summed E-state index contributed by atoms with van der Waals surface area (Å²) in [5, 5.41) is 8.59. The Morgan fingerprint density at radius 1 is 1.20 bits per heavy atom. The number of rotatable bonds is 5. The van der Waals surface area contributed by atoms with Crippen molar-refractivity contribution in [2.75, 3.05) is 23.7 Å². The number of pyridine rings is 2. The Kier molecular flexibility index (Phi) is 5.16. The third kappa shape index (κ3) is 4.07. The van der Waals surface area contributed by atoms with E-state index < -0.39 is 0 Å². The molecule has 0 unspecified atom stereocenters. The van der Waals surface area contributed by atoms with Crippen LogP contribution in [-0.2, 0) is 0 Å². The molecule has 1 aliphatic rings. The number of nitrogens with zero attached hydrogens (tertiary/aromatic N) is 3. The number of nitrogens with two attached hydrogens (primary N) is 1. The van der Waals surface area contributed by atoms with Crippen LogP contribution >= 0.6 is 0 Å². The molecule has 0 radical (unpaired) electrons. The summed E-state index contributed by atoms with van der Waals surface area (Å²) < 4.78 is 5.63. The first-order chi connectivity index (χ1) is 12.0. The van der Waals surface area contributed by atoms with Gasteiger partial charge in [-0.05, 0) is 45.2 Å². The van der Waals surface area contributed by atoms with Gasteiger partial charge in [-0.15, -0.1) is 0 Å². The fraction of sp³-hybridized carbons (Fsp3) is 0.421. The number of nitrogen functional groups attached to an aromatic ring is 1. The molecule has 6 nitrogen and oxygen atoms in total. The molecule has 3 heterocycles. The van der Waals surface area contributed by atoms with Gasteiger partial charge in [0, 0.05) is 36.5 Å². The number of piperidine rings is 1. The highest BCUT2D eigenvalue weighted by Crippen LogP contribution is 2.23. The lowest BCUT2D eigenvalue weighted by atomic mass is 10.0. The zero-order chi connectivity index (χ0) is 17.8. The molecule has 0 saturated carbocycles. The summed E-state index contributed by atoms with van der Waals surface area (Å²) >= 11 is 0. The summed E-state index contributed by atoms with van der Waals surface area (Å²) in [5.41, 5.74) is 8.30. The van der Waals surface area contributed by atoms with Gasteiger partial charge in [0.05, 0.1) is 23.7 Å². The normalized spacial score (nSPS) is 14.6. The molecule has 0 aliphatic carbocycles. The Morgan fingerprint density at radius 3 is 2.68 bits per heavy atom. The number of nitrogens with one attached hydrogen (secondary N) is 1. The van der Waals surface area contributed by atoms with Crippen LogP contribution in [0.4, 0.5) is 11.5 Å². The maximum Gasteiger partial charge on any atom is 0.214 e. The molecule has 0 atom stereocenters. The number of anilines is 2. The lowest BCUT2D eigenvalue weighted by molar-refractivity contribution is 0.232. The monoisotopic (exact) mass is 339 g/mol. The minimum absolute atomic E-state index is 0.0183. The van der Waals surface area contributed by atoms with Gasteiger partial charge in [0.2, 0.25) is 5.88 Å². The fourth-order valence-corrected chi connectivity index (χ4v) is 2.99. The lowest BCUT2D eigenvalue weighted by Crippen LogP contribution is -2.30. The van der Waals surface area contributed by atoms with Crippen LogP contribution < -0.4 is 15.4 Å². The largest absolute Gasteiger partial charge is 0.475 e. The second-order valence-corrected chi connectivity index (χ2v) is 6.60. The Hall–Kier alpha value is -2.63. The number of ether oxygens (including phenoxy) is 1. The van der Waals surface area contributed by atoms with E-state index in [9.17, 15) is 0 Å². The van der Waals surface area contributed by atoms with Crippen LogP contribution in [0.1, 0.15) is 44.2 Å². The summed E-state index contributed by atoms with van der Waals surface area (Å²) in [6.07, 6.45) is 6.99. The van der Waals surface area contributed by atoms with Gasteiger partial charge in [-0.2, -0.15) is 0 Å². The first kappa shape index (κ1) is 17.2. The molecule has 0 amide bonds. The Morgan fingerprint density at radius 2 is 1.96 bits per heavy atom. The average Bonchev–Trinajstić information content (AvgIpc) is 2.63. The zero-order valence-electron chi connectivity index (χ0n) is 14.8. The van der Waals surface area contributed by atoms with Gasteiger partial charge >= 0.3 is 0 Å². The standard InChI is InChI=1S/C19H25N5O/c1-13(2)25-18-11-15(16(20)12-23-18)19(21)14-6-7-22-17(10-14)24-8-4-3-5-9-24/h6-7,10-13,21H,3-5,8-9,20H2,1-2H3. The molecule has 1 fully saturated rings. The van der Waals surface area contributed by atoms with Crippen molar-refractivity contribution in [3.05, 3.63) is 41.7 Å². The van der Waals surface area contributed by atoms with Crippen LogP contribution in [0.15, 0.2) is 30.6 Å². The van der Waals surface area contributed by atoms with Crippen LogP contribution in [0, 0.1) is 5.41 Å². The average molecular weight is 339 g/mol. The molecular weight excluding hydrogens is 314 g/mol. The van der Waals surface area contributed by atoms with Crippen molar-refractivity contribution in [3.63, 3.8) is 0 Å². The van der Waals surface area contributed by atoms with Crippen molar-refractivity contribution >= 4 is 17.2 Å². The van der Waals surface area contributed by atoms with Crippen LogP contribution in [0.5, 0.6) is 5.88 Å². The first-order valence-electron chi connectivity index (χ1n) is 8.77. The summed E-state index contributed by atoms with van der Waals surface area (Å²) in [5.74, 6) is 1.41. The van der Waals surface area contributed by atoms with Gasteiger partial charge < -0.3 is 15.4 Å². The predicted octanol–water partition coefficient (Wildman–Crippen LogP) is 3.25. The molecule has 3 N–H and O–H groups in total. The van der Waals surface area contributed by atoms with Crippen molar-refractivity contribution in [1.29, 1.82) is 5.41 Å². The van der Waals surface area contributed by atoms with E-state index in [1.165, 1.54) is 19.3 Å². The van der Waals surface area contributed by atoms with Crippen LogP contribution in [0.2, 0.25) is 0 Å². The highest BCUT2D eigenvalue weighted by atomic mass is 16.5. The van der Waals surface area contributed by atoms with Crippen molar-refractivity contribution in [1.82, 2.24) is 9.97 Å². The maximum absolute atomic E-state index is 8.59. The van der Waals surface area contributed by atoms with E-state index in [1.807, 2.05) is 26.0 Å². The van der Waals surface area contributed by atoms with Gasteiger partial charge in [-0.3, -0.25) is 5.41 Å². The second-order valence-electron chi connectivity index (χ2n) is 6.60. The van der Waals surface area contributed by atoms with Gasteiger partial charge in [0.25, 0.3) is 0 Å². The SMILES string of the molecule is CC(C)Oc1cc(C(=N)c2ccnc(N3CCCCC3)c2)c(N)cn1. The second kappa shape index (κ2) is 7.51. The first-order valence-corrected chi connectivity index (χ1v) is 8.77. The number of hydrogen-bond donors (Lipinski definition) is 2. The Bertz CT molecular complexity index is 753. The molecule has 132 valence electrons. The van der Waals surface area contributed by atoms with Crippen molar-refractivity contribution in [2.24, 2.45) is 0 Å². The molecule has 3 rings (SSSR count). The molecule has 2 aromatic heterocycles. The van der Waals surface area contributed by atoms with E-state index in [0.717, 1.165) is 24.5 Å². The van der Waals surface area contributed by atoms with E-state index in [0.29, 0.717) is 22.8 Å². The van der Waals surface area contributed by atoms with Gasteiger partial charge in [0.15, 0.2) is 0 Å². The third-order valence-corrected chi connectivity index (χ3v) is 4.25. The summed E-state index contributed by atoms with van der Waals surface area (Å²) in [7, 11) is 0. The van der Waals surface area contributed by atoms with Crippen molar-refractivity contribution < 1.29 is 4.74 Å². The van der Waals surface area contributed by atoms with Crippen LogP contribution in [0.25, 0.3) is 0 Å². The molecule has 0 aromatic carbocycles. The molecule has 2 aromatic rings. The van der Waals surface area contributed by atoms with Crippen LogP contribution in [0.3, 0.4) is 0 Å². The van der Waals surface area contributed by atoms with E-state index in [1.54, 1.807) is 18.5 Å². The van der Waals surface area contributed by atoms with Gasteiger partial charge in [-0.1, -0.05) is 0 Å². The lowest BCUT2D eigenvalue weighted by Gasteiger charge is -2.28.